The molecule has 0 saturated carbocycles. The number of anilines is 2. The number of aryl methyl sites for hydroxylation is 2. The van der Waals surface area contributed by atoms with E-state index in [4.69, 9.17) is 0 Å². The van der Waals surface area contributed by atoms with Crippen molar-refractivity contribution in [1.82, 2.24) is 9.97 Å². The van der Waals surface area contributed by atoms with E-state index in [1.54, 1.807) is 12.4 Å². The number of halogens is 1. The molecule has 2 rings (SSSR count). The van der Waals surface area contributed by atoms with Crippen molar-refractivity contribution in [2.75, 3.05) is 5.32 Å². The van der Waals surface area contributed by atoms with Crippen LogP contribution < -0.4 is 5.32 Å². The highest BCUT2D eigenvalue weighted by Gasteiger charge is 2.05. The van der Waals surface area contributed by atoms with E-state index in [0.717, 1.165) is 15.7 Å². The summed E-state index contributed by atoms with van der Waals surface area (Å²) in [5, 5.41) is 3.29. The number of para-hydroxylation sites is 1. The van der Waals surface area contributed by atoms with Gasteiger partial charge in [0.15, 0.2) is 0 Å². The van der Waals surface area contributed by atoms with Gasteiger partial charge in [0.2, 0.25) is 5.95 Å². The molecule has 1 heterocycles. The van der Waals surface area contributed by atoms with Crippen molar-refractivity contribution in [3.8, 4) is 0 Å². The van der Waals surface area contributed by atoms with Gasteiger partial charge in [-0.05, 0) is 47.1 Å². The van der Waals surface area contributed by atoms with Crippen molar-refractivity contribution in [3.63, 3.8) is 0 Å². The SMILES string of the molecule is CCc1cccc(C)c1Nc1ncc(I)cn1. The van der Waals surface area contributed by atoms with Crippen LogP contribution in [0.1, 0.15) is 18.1 Å². The Bertz CT molecular complexity index is 509. The molecular weight excluding hydrogens is 325 g/mol. The smallest absolute Gasteiger partial charge is 0.227 e. The minimum Gasteiger partial charge on any atom is -0.324 e. The molecule has 0 aliphatic carbocycles. The third-order valence-electron chi connectivity index (χ3n) is 2.60. The minimum atomic E-state index is 0.648. The van der Waals surface area contributed by atoms with E-state index in [-0.39, 0.29) is 0 Å². The molecule has 0 atom stereocenters. The molecule has 1 aromatic heterocycles. The number of benzene rings is 1. The topological polar surface area (TPSA) is 37.8 Å². The normalized spacial score (nSPS) is 10.3. The first kappa shape index (κ1) is 12.3. The molecule has 0 radical (unpaired) electrons. The van der Waals surface area contributed by atoms with E-state index in [0.29, 0.717) is 5.95 Å². The zero-order valence-corrected chi connectivity index (χ0v) is 12.0. The fraction of sp³-hybridized carbons (Fsp3) is 0.231. The van der Waals surface area contributed by atoms with E-state index in [9.17, 15) is 0 Å². The molecule has 0 saturated heterocycles. The van der Waals surface area contributed by atoms with Crippen LogP contribution in [0.4, 0.5) is 11.6 Å². The Kier molecular flexibility index (Phi) is 3.93. The van der Waals surface area contributed by atoms with Gasteiger partial charge in [0.1, 0.15) is 0 Å². The van der Waals surface area contributed by atoms with Gasteiger partial charge in [-0.1, -0.05) is 25.1 Å². The Morgan fingerprint density at radius 2 is 1.94 bits per heavy atom. The third-order valence-corrected chi connectivity index (χ3v) is 3.15. The summed E-state index contributed by atoms with van der Waals surface area (Å²) in [6, 6.07) is 6.30. The van der Waals surface area contributed by atoms with Crippen LogP contribution in [0.25, 0.3) is 0 Å². The molecule has 0 amide bonds. The first-order chi connectivity index (χ1) is 8.20. The Morgan fingerprint density at radius 3 is 2.59 bits per heavy atom. The van der Waals surface area contributed by atoms with Crippen molar-refractivity contribution >= 4 is 34.2 Å². The summed E-state index contributed by atoms with van der Waals surface area (Å²) in [6.45, 7) is 4.24. The average Bonchev–Trinajstić information content (AvgIpc) is 2.34. The van der Waals surface area contributed by atoms with E-state index in [1.165, 1.54) is 11.1 Å². The number of nitrogens with one attached hydrogen (secondary N) is 1. The fourth-order valence-electron chi connectivity index (χ4n) is 1.69. The summed E-state index contributed by atoms with van der Waals surface area (Å²) in [4.78, 5) is 8.52. The first-order valence-corrected chi connectivity index (χ1v) is 6.61. The zero-order chi connectivity index (χ0) is 12.3. The van der Waals surface area contributed by atoms with Crippen molar-refractivity contribution in [2.45, 2.75) is 20.3 Å². The van der Waals surface area contributed by atoms with Crippen LogP contribution in [-0.4, -0.2) is 9.97 Å². The standard InChI is InChI=1S/C13H14IN3/c1-3-10-6-4-5-9(2)12(10)17-13-15-7-11(14)8-16-13/h4-8H,3H2,1-2H3,(H,15,16,17). The maximum absolute atomic E-state index is 4.26. The average molecular weight is 339 g/mol. The Hall–Kier alpha value is -1.17. The highest BCUT2D eigenvalue weighted by Crippen LogP contribution is 2.23. The van der Waals surface area contributed by atoms with Gasteiger partial charge >= 0.3 is 0 Å². The Morgan fingerprint density at radius 1 is 1.24 bits per heavy atom. The molecule has 17 heavy (non-hydrogen) atoms. The van der Waals surface area contributed by atoms with E-state index in [1.807, 2.05) is 0 Å². The predicted molar refractivity (Wildman–Crippen MR) is 78.6 cm³/mol. The molecule has 1 N–H and O–H groups in total. The highest BCUT2D eigenvalue weighted by atomic mass is 127. The van der Waals surface area contributed by atoms with E-state index < -0.39 is 0 Å². The molecule has 0 unspecified atom stereocenters. The van der Waals surface area contributed by atoms with Crippen molar-refractivity contribution in [2.24, 2.45) is 0 Å². The zero-order valence-electron chi connectivity index (χ0n) is 9.87. The first-order valence-electron chi connectivity index (χ1n) is 5.53. The summed E-state index contributed by atoms with van der Waals surface area (Å²) in [6.07, 6.45) is 4.61. The lowest BCUT2D eigenvalue weighted by Crippen LogP contribution is -2.01. The van der Waals surface area contributed by atoms with Gasteiger partial charge in [0.25, 0.3) is 0 Å². The minimum absolute atomic E-state index is 0.648. The molecule has 88 valence electrons. The molecule has 3 nitrogen and oxygen atoms in total. The van der Waals surface area contributed by atoms with Crippen LogP contribution in [0, 0.1) is 10.5 Å². The lowest BCUT2D eigenvalue weighted by atomic mass is 10.1. The van der Waals surface area contributed by atoms with Gasteiger partial charge in [0, 0.05) is 21.7 Å². The summed E-state index contributed by atoms with van der Waals surface area (Å²) < 4.78 is 1.04. The van der Waals surface area contributed by atoms with Crippen LogP contribution in [0.15, 0.2) is 30.6 Å². The summed E-state index contributed by atoms with van der Waals surface area (Å²) in [5.74, 6) is 0.648. The second-order valence-electron chi connectivity index (χ2n) is 3.81. The maximum Gasteiger partial charge on any atom is 0.227 e. The molecule has 2 aromatic rings. The van der Waals surface area contributed by atoms with Crippen LogP contribution in [0.3, 0.4) is 0 Å². The van der Waals surface area contributed by atoms with Gasteiger partial charge in [-0.15, -0.1) is 0 Å². The van der Waals surface area contributed by atoms with Crippen molar-refractivity contribution in [1.29, 1.82) is 0 Å². The third kappa shape index (κ3) is 2.94. The second-order valence-corrected chi connectivity index (χ2v) is 5.06. The van der Waals surface area contributed by atoms with Gasteiger partial charge in [-0.3, -0.25) is 0 Å². The van der Waals surface area contributed by atoms with Crippen molar-refractivity contribution < 1.29 is 0 Å². The van der Waals surface area contributed by atoms with Gasteiger partial charge in [0.05, 0.1) is 0 Å². The largest absolute Gasteiger partial charge is 0.324 e. The molecule has 0 spiro atoms. The number of hydrogen-bond donors (Lipinski definition) is 1. The molecule has 0 aliphatic rings. The van der Waals surface area contributed by atoms with Crippen molar-refractivity contribution in [3.05, 3.63) is 45.3 Å². The number of rotatable bonds is 3. The Labute approximate surface area is 115 Å². The quantitative estimate of drug-likeness (QED) is 0.867. The summed E-state index contributed by atoms with van der Waals surface area (Å²) in [5.41, 5.74) is 3.62. The fourth-order valence-corrected chi connectivity index (χ4v) is 1.97. The monoisotopic (exact) mass is 339 g/mol. The molecule has 0 fully saturated rings. The van der Waals surface area contributed by atoms with Crippen LogP contribution in [0.2, 0.25) is 0 Å². The van der Waals surface area contributed by atoms with Crippen LogP contribution in [0.5, 0.6) is 0 Å². The summed E-state index contributed by atoms with van der Waals surface area (Å²) >= 11 is 2.20. The molecule has 0 aliphatic heterocycles. The van der Waals surface area contributed by atoms with E-state index >= 15 is 0 Å². The molecule has 4 heteroatoms. The number of nitrogens with zero attached hydrogens (tertiary/aromatic N) is 2. The Balaban J connectivity index is 2.32. The highest BCUT2D eigenvalue weighted by molar-refractivity contribution is 14.1. The van der Waals surface area contributed by atoms with E-state index in [2.05, 4.69) is 69.9 Å². The predicted octanol–water partition coefficient (Wildman–Crippen LogP) is 3.70. The number of hydrogen-bond acceptors (Lipinski definition) is 3. The van der Waals surface area contributed by atoms with Crippen LogP contribution in [-0.2, 0) is 6.42 Å². The molecule has 0 bridgehead atoms. The lowest BCUT2D eigenvalue weighted by Gasteiger charge is -2.12. The second kappa shape index (κ2) is 5.44. The van der Waals surface area contributed by atoms with Gasteiger partial charge < -0.3 is 5.32 Å². The van der Waals surface area contributed by atoms with Gasteiger partial charge in [-0.2, -0.15) is 0 Å². The lowest BCUT2D eigenvalue weighted by molar-refractivity contribution is 1.11. The summed E-state index contributed by atoms with van der Waals surface area (Å²) in [7, 11) is 0. The molecular formula is C13H14IN3. The molecule has 1 aromatic carbocycles. The maximum atomic E-state index is 4.26. The van der Waals surface area contributed by atoms with Gasteiger partial charge in [-0.25, -0.2) is 9.97 Å². The van der Waals surface area contributed by atoms with Crippen LogP contribution >= 0.6 is 22.6 Å². The number of aromatic nitrogens is 2.